The lowest BCUT2D eigenvalue weighted by Crippen LogP contribution is -2.44. The average Bonchev–Trinajstić information content (AvgIpc) is 3.29. The van der Waals surface area contributed by atoms with Crippen LogP contribution < -0.4 is 10.0 Å². The molecule has 0 saturated carbocycles. The summed E-state index contributed by atoms with van der Waals surface area (Å²) in [5, 5.41) is 6.82. The van der Waals surface area contributed by atoms with E-state index in [0.717, 1.165) is 5.56 Å². The van der Waals surface area contributed by atoms with Crippen molar-refractivity contribution in [3.05, 3.63) is 60.5 Å². The maximum absolute atomic E-state index is 12.9. The average molecular weight is 489 g/mol. The molecule has 0 radical (unpaired) electrons. The lowest BCUT2D eigenvalue weighted by Gasteiger charge is -2.18. The third kappa shape index (κ3) is 6.66. The largest absolute Gasteiger partial charge is 0.338 e. The summed E-state index contributed by atoms with van der Waals surface area (Å²) in [6.07, 6.45) is 2.26. The highest BCUT2D eigenvalue weighted by Gasteiger charge is 2.26. The zero-order valence-electron chi connectivity index (χ0n) is 19.0. The Labute approximate surface area is 198 Å². The predicted molar refractivity (Wildman–Crippen MR) is 131 cm³/mol. The van der Waals surface area contributed by atoms with E-state index < -0.39 is 22.0 Å². The van der Waals surface area contributed by atoms with Crippen molar-refractivity contribution in [3.63, 3.8) is 0 Å². The van der Waals surface area contributed by atoms with Crippen LogP contribution in [0.3, 0.4) is 0 Å². The minimum absolute atomic E-state index is 0.117. The zero-order valence-corrected chi connectivity index (χ0v) is 20.7. The van der Waals surface area contributed by atoms with Gasteiger partial charge in [0.05, 0.1) is 4.90 Å². The second kappa shape index (κ2) is 10.5. The number of sulfonamides is 1. The van der Waals surface area contributed by atoms with Gasteiger partial charge in [0.15, 0.2) is 0 Å². The SMILES string of the molecule is CSCCC(NS(=O)(=O)c1ccccc1)C(=O)Nc1ccc(-c2noc(C(C)(C)C)n2)cc1. The van der Waals surface area contributed by atoms with Crippen molar-refractivity contribution in [2.45, 2.75) is 43.5 Å². The molecule has 1 heterocycles. The molecule has 3 rings (SSSR count). The number of carbonyl (C=O) groups is 1. The van der Waals surface area contributed by atoms with Crippen LogP contribution in [0, 0.1) is 0 Å². The molecular weight excluding hydrogens is 460 g/mol. The highest BCUT2D eigenvalue weighted by atomic mass is 32.2. The van der Waals surface area contributed by atoms with Gasteiger partial charge < -0.3 is 9.84 Å². The molecule has 33 heavy (non-hydrogen) atoms. The Morgan fingerprint density at radius 2 is 1.76 bits per heavy atom. The van der Waals surface area contributed by atoms with Crippen molar-refractivity contribution in [1.29, 1.82) is 0 Å². The van der Waals surface area contributed by atoms with Crippen LogP contribution in [-0.2, 0) is 20.2 Å². The lowest BCUT2D eigenvalue weighted by atomic mass is 9.97. The molecule has 176 valence electrons. The van der Waals surface area contributed by atoms with Crippen LogP contribution in [0.5, 0.6) is 0 Å². The van der Waals surface area contributed by atoms with Crippen LogP contribution in [0.2, 0.25) is 0 Å². The summed E-state index contributed by atoms with van der Waals surface area (Å²) >= 11 is 1.54. The summed E-state index contributed by atoms with van der Waals surface area (Å²) in [6, 6.07) is 14.1. The van der Waals surface area contributed by atoms with E-state index in [2.05, 4.69) is 20.2 Å². The molecule has 2 N–H and O–H groups in total. The van der Waals surface area contributed by atoms with Gasteiger partial charge in [0, 0.05) is 16.7 Å². The van der Waals surface area contributed by atoms with E-state index in [4.69, 9.17) is 4.52 Å². The Hall–Kier alpha value is -2.69. The van der Waals surface area contributed by atoms with Gasteiger partial charge in [0.25, 0.3) is 0 Å². The number of hydrogen-bond donors (Lipinski definition) is 2. The van der Waals surface area contributed by atoms with E-state index in [1.165, 1.54) is 12.1 Å². The van der Waals surface area contributed by atoms with E-state index in [1.807, 2.05) is 27.0 Å². The molecule has 2 aromatic carbocycles. The molecule has 1 amide bonds. The number of rotatable bonds is 9. The van der Waals surface area contributed by atoms with Gasteiger partial charge in [0.1, 0.15) is 6.04 Å². The molecule has 0 aliphatic heterocycles. The monoisotopic (exact) mass is 488 g/mol. The summed E-state index contributed by atoms with van der Waals surface area (Å²) in [6.45, 7) is 5.97. The molecular formula is C23H28N4O4S2. The standard InChI is InChI=1S/C23H28N4O4S2/c1-23(2,3)22-25-20(26-31-22)16-10-12-17(13-11-16)24-21(28)19(14-15-32-4)27-33(29,30)18-8-6-5-7-9-18/h5-13,19,27H,14-15H2,1-4H3,(H,24,28). The molecule has 1 aromatic heterocycles. The highest BCUT2D eigenvalue weighted by Crippen LogP contribution is 2.24. The maximum Gasteiger partial charge on any atom is 0.242 e. The van der Waals surface area contributed by atoms with Crippen LogP contribution in [-0.4, -0.2) is 42.5 Å². The van der Waals surface area contributed by atoms with Gasteiger partial charge in [-0.2, -0.15) is 21.5 Å². The first-order valence-corrected chi connectivity index (χ1v) is 13.3. The van der Waals surface area contributed by atoms with E-state index in [9.17, 15) is 13.2 Å². The van der Waals surface area contributed by atoms with Crippen molar-refractivity contribution >= 4 is 33.4 Å². The molecule has 0 aliphatic rings. The number of nitrogens with one attached hydrogen (secondary N) is 2. The van der Waals surface area contributed by atoms with Gasteiger partial charge in [-0.15, -0.1) is 0 Å². The quantitative estimate of drug-likeness (QED) is 0.466. The first kappa shape index (κ1) is 24.9. The summed E-state index contributed by atoms with van der Waals surface area (Å²) < 4.78 is 33.3. The molecule has 0 spiro atoms. The second-order valence-corrected chi connectivity index (χ2v) is 11.2. The maximum atomic E-state index is 12.9. The summed E-state index contributed by atoms with van der Waals surface area (Å²) in [7, 11) is -3.83. The van der Waals surface area contributed by atoms with Gasteiger partial charge in [-0.1, -0.05) is 44.1 Å². The van der Waals surface area contributed by atoms with Crippen LogP contribution in [0.15, 0.2) is 64.0 Å². The fourth-order valence-electron chi connectivity index (χ4n) is 2.91. The summed E-state index contributed by atoms with van der Waals surface area (Å²) in [5.74, 6) is 1.21. The number of benzene rings is 2. The third-order valence-corrected chi connectivity index (χ3v) is 6.89. The van der Waals surface area contributed by atoms with Crippen molar-refractivity contribution in [2.75, 3.05) is 17.3 Å². The number of carbonyl (C=O) groups excluding carboxylic acids is 1. The molecule has 0 bridgehead atoms. The molecule has 3 aromatic rings. The fraction of sp³-hybridized carbons (Fsp3) is 0.348. The molecule has 0 saturated heterocycles. The van der Waals surface area contributed by atoms with Crippen molar-refractivity contribution in [2.24, 2.45) is 0 Å². The molecule has 1 unspecified atom stereocenters. The van der Waals surface area contributed by atoms with Crippen LogP contribution >= 0.6 is 11.8 Å². The van der Waals surface area contributed by atoms with E-state index in [0.29, 0.717) is 29.6 Å². The Morgan fingerprint density at radius 3 is 2.33 bits per heavy atom. The number of thioether (sulfide) groups is 1. The van der Waals surface area contributed by atoms with Gasteiger partial charge >= 0.3 is 0 Å². The molecule has 8 nitrogen and oxygen atoms in total. The zero-order chi connectivity index (χ0) is 24.1. The number of nitrogens with zero attached hydrogens (tertiary/aromatic N) is 2. The Bertz CT molecular complexity index is 1170. The minimum Gasteiger partial charge on any atom is -0.338 e. The van der Waals surface area contributed by atoms with Crippen molar-refractivity contribution < 1.29 is 17.7 Å². The van der Waals surface area contributed by atoms with Gasteiger partial charge in [-0.05, 0) is 54.8 Å². The smallest absolute Gasteiger partial charge is 0.242 e. The van der Waals surface area contributed by atoms with Crippen molar-refractivity contribution in [3.8, 4) is 11.4 Å². The van der Waals surface area contributed by atoms with Gasteiger partial charge in [-0.25, -0.2) is 8.42 Å². The topological polar surface area (TPSA) is 114 Å². The Kier molecular flexibility index (Phi) is 7.93. The van der Waals surface area contributed by atoms with Gasteiger partial charge in [-0.3, -0.25) is 4.79 Å². The first-order valence-electron chi connectivity index (χ1n) is 10.4. The third-order valence-electron chi connectivity index (χ3n) is 4.76. The Morgan fingerprint density at radius 1 is 1.09 bits per heavy atom. The molecule has 0 fully saturated rings. The molecule has 10 heteroatoms. The first-order chi connectivity index (χ1) is 15.6. The van der Waals surface area contributed by atoms with E-state index in [-0.39, 0.29) is 10.3 Å². The number of aromatic nitrogens is 2. The number of hydrogen-bond acceptors (Lipinski definition) is 7. The lowest BCUT2D eigenvalue weighted by molar-refractivity contribution is -0.117. The van der Waals surface area contributed by atoms with E-state index >= 15 is 0 Å². The van der Waals surface area contributed by atoms with Crippen LogP contribution in [0.1, 0.15) is 33.1 Å². The Balaban J connectivity index is 1.72. The van der Waals surface area contributed by atoms with Crippen LogP contribution in [0.25, 0.3) is 11.4 Å². The summed E-state index contributed by atoms with van der Waals surface area (Å²) in [5.41, 5.74) is 1.03. The minimum atomic E-state index is -3.83. The molecule has 1 atom stereocenters. The van der Waals surface area contributed by atoms with Gasteiger partial charge in [0.2, 0.25) is 27.6 Å². The normalized spacial score (nSPS) is 13.0. The number of amides is 1. The molecule has 0 aliphatic carbocycles. The second-order valence-electron chi connectivity index (χ2n) is 8.51. The fourth-order valence-corrected chi connectivity index (χ4v) is 4.63. The van der Waals surface area contributed by atoms with Crippen LogP contribution in [0.4, 0.5) is 5.69 Å². The highest BCUT2D eigenvalue weighted by molar-refractivity contribution is 7.98. The van der Waals surface area contributed by atoms with Crippen molar-refractivity contribution in [1.82, 2.24) is 14.9 Å². The van der Waals surface area contributed by atoms with E-state index in [1.54, 1.807) is 54.2 Å². The predicted octanol–water partition coefficient (Wildman–Crippen LogP) is 4.07. The number of anilines is 1. The summed E-state index contributed by atoms with van der Waals surface area (Å²) in [4.78, 5) is 17.5.